The quantitative estimate of drug-likeness (QED) is 0.897. The Bertz CT molecular complexity index is 591. The first-order valence-electron chi connectivity index (χ1n) is 6.95. The van der Waals surface area contributed by atoms with Crippen LogP contribution in [-0.4, -0.2) is 16.0 Å². The van der Waals surface area contributed by atoms with Crippen LogP contribution in [0.25, 0.3) is 11.3 Å². The number of rotatable bonds is 4. The van der Waals surface area contributed by atoms with E-state index >= 15 is 0 Å². The van der Waals surface area contributed by atoms with Gasteiger partial charge < -0.3 is 10.3 Å². The van der Waals surface area contributed by atoms with Gasteiger partial charge in [0.25, 0.3) is 0 Å². The van der Waals surface area contributed by atoms with Crippen LogP contribution in [0.15, 0.2) is 24.4 Å². The Hall–Kier alpha value is -1.39. The van der Waals surface area contributed by atoms with Gasteiger partial charge in [-0.05, 0) is 31.0 Å². The Morgan fingerprint density at radius 3 is 2.90 bits per heavy atom. The van der Waals surface area contributed by atoms with Gasteiger partial charge in [-0.25, -0.2) is 9.37 Å². The summed E-state index contributed by atoms with van der Waals surface area (Å²) in [6, 6.07) is 4.99. The van der Waals surface area contributed by atoms with E-state index < -0.39 is 0 Å². The fourth-order valence-corrected chi connectivity index (χ4v) is 2.94. The molecule has 20 heavy (non-hydrogen) atoms. The molecule has 0 spiro atoms. The molecule has 1 aliphatic rings. The van der Waals surface area contributed by atoms with Gasteiger partial charge in [-0.2, -0.15) is 0 Å². The molecule has 2 N–H and O–H groups in total. The van der Waals surface area contributed by atoms with Crippen molar-refractivity contribution < 1.29 is 4.39 Å². The monoisotopic (exact) mass is 293 g/mol. The zero-order chi connectivity index (χ0) is 13.9. The summed E-state index contributed by atoms with van der Waals surface area (Å²) in [4.78, 5) is 7.58. The minimum atomic E-state index is -0.332. The van der Waals surface area contributed by atoms with Gasteiger partial charge in [0, 0.05) is 11.6 Å². The molecule has 0 atom stereocenters. The minimum absolute atomic E-state index is 0.332. The fraction of sp³-hybridized carbons (Fsp3) is 0.400. The van der Waals surface area contributed by atoms with Crippen molar-refractivity contribution in [1.82, 2.24) is 15.3 Å². The average Bonchev–Trinajstić information content (AvgIpc) is 3.07. The van der Waals surface area contributed by atoms with Crippen LogP contribution < -0.4 is 5.32 Å². The van der Waals surface area contributed by atoms with Crippen molar-refractivity contribution in [2.75, 3.05) is 0 Å². The lowest BCUT2D eigenvalue weighted by Crippen LogP contribution is -2.25. The first-order valence-corrected chi connectivity index (χ1v) is 7.33. The summed E-state index contributed by atoms with van der Waals surface area (Å²) < 4.78 is 13.0. The molecule has 0 amide bonds. The van der Waals surface area contributed by atoms with Crippen molar-refractivity contribution in [3.8, 4) is 11.3 Å². The number of H-pyrrole nitrogens is 1. The number of imidazole rings is 1. The van der Waals surface area contributed by atoms with Crippen molar-refractivity contribution in [3.05, 3.63) is 41.1 Å². The number of hydrogen-bond donors (Lipinski definition) is 2. The highest BCUT2D eigenvalue weighted by Crippen LogP contribution is 2.27. The van der Waals surface area contributed by atoms with Crippen molar-refractivity contribution in [1.29, 1.82) is 0 Å². The zero-order valence-electron chi connectivity index (χ0n) is 11.1. The molecule has 2 aromatic rings. The van der Waals surface area contributed by atoms with Crippen LogP contribution in [0.2, 0.25) is 5.02 Å². The number of nitrogens with zero attached hydrogens (tertiary/aromatic N) is 1. The summed E-state index contributed by atoms with van der Waals surface area (Å²) in [7, 11) is 0. The fourth-order valence-electron chi connectivity index (χ4n) is 2.67. The van der Waals surface area contributed by atoms with E-state index in [0.29, 0.717) is 11.1 Å². The van der Waals surface area contributed by atoms with Crippen LogP contribution in [0.3, 0.4) is 0 Å². The Morgan fingerprint density at radius 2 is 2.15 bits per heavy atom. The van der Waals surface area contributed by atoms with Crippen LogP contribution in [-0.2, 0) is 6.54 Å². The topological polar surface area (TPSA) is 40.7 Å². The summed E-state index contributed by atoms with van der Waals surface area (Å²) in [5.74, 6) is 0.550. The van der Waals surface area contributed by atoms with E-state index in [2.05, 4.69) is 15.3 Å². The van der Waals surface area contributed by atoms with E-state index in [1.807, 2.05) is 0 Å². The van der Waals surface area contributed by atoms with Crippen molar-refractivity contribution in [3.63, 3.8) is 0 Å². The second-order valence-corrected chi connectivity index (χ2v) is 5.64. The molecule has 0 bridgehead atoms. The molecule has 3 rings (SSSR count). The third kappa shape index (κ3) is 3.02. The molecule has 1 aromatic heterocycles. The molecule has 1 aliphatic carbocycles. The third-order valence-electron chi connectivity index (χ3n) is 3.76. The first-order chi connectivity index (χ1) is 9.72. The smallest absolute Gasteiger partial charge is 0.124 e. The Balaban J connectivity index is 1.69. The number of halogens is 2. The van der Waals surface area contributed by atoms with Gasteiger partial charge in [0.15, 0.2) is 0 Å². The van der Waals surface area contributed by atoms with Gasteiger partial charge in [0.05, 0.1) is 23.5 Å². The van der Waals surface area contributed by atoms with Gasteiger partial charge in [0.1, 0.15) is 11.6 Å². The summed E-state index contributed by atoms with van der Waals surface area (Å²) in [5, 5.41) is 3.89. The standard InChI is InChI=1S/C15H17ClFN3/c16-13-7-10(17)5-6-12(13)14-8-19-15(20-14)9-18-11-3-1-2-4-11/h5-8,11,18H,1-4,9H2,(H,19,20). The summed E-state index contributed by atoms with van der Waals surface area (Å²) in [6.45, 7) is 0.726. The number of aromatic nitrogens is 2. The molecular formula is C15H17ClFN3. The van der Waals surface area contributed by atoms with Crippen LogP contribution in [0.1, 0.15) is 31.5 Å². The maximum absolute atomic E-state index is 13.0. The first kappa shape index (κ1) is 13.6. The Kier molecular flexibility index (Phi) is 4.03. The molecule has 0 aliphatic heterocycles. The number of benzene rings is 1. The highest BCUT2D eigenvalue weighted by atomic mass is 35.5. The van der Waals surface area contributed by atoms with Crippen LogP contribution >= 0.6 is 11.6 Å². The summed E-state index contributed by atoms with van der Waals surface area (Å²) >= 11 is 6.05. The molecule has 5 heteroatoms. The third-order valence-corrected chi connectivity index (χ3v) is 4.08. The van der Waals surface area contributed by atoms with Crippen molar-refractivity contribution >= 4 is 11.6 Å². The van der Waals surface area contributed by atoms with Crippen molar-refractivity contribution in [2.45, 2.75) is 38.3 Å². The normalized spacial score (nSPS) is 15.9. The molecule has 106 valence electrons. The van der Waals surface area contributed by atoms with E-state index in [0.717, 1.165) is 23.6 Å². The second-order valence-electron chi connectivity index (χ2n) is 5.23. The van der Waals surface area contributed by atoms with Crippen LogP contribution in [0.5, 0.6) is 0 Å². The minimum Gasteiger partial charge on any atom is -0.341 e. The molecule has 1 saturated carbocycles. The van der Waals surface area contributed by atoms with Crippen molar-refractivity contribution in [2.24, 2.45) is 0 Å². The largest absolute Gasteiger partial charge is 0.341 e. The molecule has 1 aromatic carbocycles. The predicted molar refractivity (Wildman–Crippen MR) is 78.1 cm³/mol. The van der Waals surface area contributed by atoms with Crippen LogP contribution in [0.4, 0.5) is 4.39 Å². The second kappa shape index (κ2) is 5.94. The highest BCUT2D eigenvalue weighted by Gasteiger charge is 2.15. The molecule has 1 heterocycles. The number of aromatic amines is 1. The van der Waals surface area contributed by atoms with Gasteiger partial charge in [-0.1, -0.05) is 24.4 Å². The van der Waals surface area contributed by atoms with Gasteiger partial charge in [0.2, 0.25) is 0 Å². The van der Waals surface area contributed by atoms with E-state index in [-0.39, 0.29) is 5.82 Å². The van der Waals surface area contributed by atoms with Crippen LogP contribution in [0, 0.1) is 5.82 Å². The maximum Gasteiger partial charge on any atom is 0.124 e. The van der Waals surface area contributed by atoms with Gasteiger partial charge in [-0.3, -0.25) is 0 Å². The van der Waals surface area contributed by atoms with E-state index in [1.165, 1.54) is 37.8 Å². The number of nitrogens with one attached hydrogen (secondary N) is 2. The number of hydrogen-bond acceptors (Lipinski definition) is 2. The van der Waals surface area contributed by atoms with Gasteiger partial charge >= 0.3 is 0 Å². The zero-order valence-corrected chi connectivity index (χ0v) is 11.9. The Labute approximate surface area is 122 Å². The molecule has 0 saturated heterocycles. The lowest BCUT2D eigenvalue weighted by Gasteiger charge is -2.09. The maximum atomic E-state index is 13.0. The van der Waals surface area contributed by atoms with Gasteiger partial charge in [-0.15, -0.1) is 0 Å². The van der Waals surface area contributed by atoms with E-state index in [1.54, 1.807) is 12.3 Å². The Morgan fingerprint density at radius 1 is 1.35 bits per heavy atom. The highest BCUT2D eigenvalue weighted by molar-refractivity contribution is 6.33. The lowest BCUT2D eigenvalue weighted by molar-refractivity contribution is 0.515. The molecule has 3 nitrogen and oxygen atoms in total. The predicted octanol–water partition coefficient (Wildman–Crippen LogP) is 3.90. The summed E-state index contributed by atoms with van der Waals surface area (Å²) in [5.41, 5.74) is 1.59. The van der Waals surface area contributed by atoms with E-state index in [4.69, 9.17) is 11.6 Å². The average molecular weight is 294 g/mol. The molecule has 1 fully saturated rings. The lowest BCUT2D eigenvalue weighted by atomic mass is 10.2. The molecular weight excluding hydrogens is 277 g/mol. The SMILES string of the molecule is Fc1ccc(-c2cnc(CNC3CCCC3)[nH]2)c(Cl)c1. The molecule has 0 radical (unpaired) electrons. The molecule has 0 unspecified atom stereocenters. The van der Waals surface area contributed by atoms with E-state index in [9.17, 15) is 4.39 Å². The summed E-state index contributed by atoms with van der Waals surface area (Å²) in [6.07, 6.45) is 6.86.